The lowest BCUT2D eigenvalue weighted by molar-refractivity contribution is -0.140. The molecule has 2 aromatic carbocycles. The van der Waals surface area contributed by atoms with E-state index < -0.39 is 6.10 Å². The first-order valence-electron chi connectivity index (χ1n) is 7.04. The van der Waals surface area contributed by atoms with Gasteiger partial charge < -0.3 is 9.84 Å². The van der Waals surface area contributed by atoms with Crippen LogP contribution in [0.1, 0.15) is 30.6 Å². The highest BCUT2D eigenvalue weighted by Crippen LogP contribution is 2.23. The highest BCUT2D eigenvalue weighted by atomic mass is 16.5. The molecule has 1 atom stereocenters. The first-order valence-corrected chi connectivity index (χ1v) is 7.04. The van der Waals surface area contributed by atoms with Crippen molar-refractivity contribution in [3.63, 3.8) is 0 Å². The minimum atomic E-state index is -0.468. The summed E-state index contributed by atoms with van der Waals surface area (Å²) >= 11 is 0. The Morgan fingerprint density at radius 1 is 1.14 bits per heavy atom. The van der Waals surface area contributed by atoms with Gasteiger partial charge in [-0.3, -0.25) is 4.79 Å². The number of carbonyl (C=O) groups is 1. The van der Waals surface area contributed by atoms with E-state index in [1.165, 1.54) is 7.11 Å². The average Bonchev–Trinajstić information content (AvgIpc) is 2.53. The molecule has 0 aliphatic heterocycles. The fourth-order valence-electron chi connectivity index (χ4n) is 2.19. The Morgan fingerprint density at radius 2 is 1.86 bits per heavy atom. The van der Waals surface area contributed by atoms with Crippen LogP contribution in [0.4, 0.5) is 0 Å². The van der Waals surface area contributed by atoms with E-state index in [4.69, 9.17) is 0 Å². The molecule has 2 aromatic rings. The van der Waals surface area contributed by atoms with Gasteiger partial charge >= 0.3 is 5.97 Å². The van der Waals surface area contributed by atoms with E-state index >= 15 is 0 Å². The summed E-state index contributed by atoms with van der Waals surface area (Å²) in [7, 11) is 1.40. The van der Waals surface area contributed by atoms with Gasteiger partial charge in [0.25, 0.3) is 0 Å². The summed E-state index contributed by atoms with van der Waals surface area (Å²) in [6.07, 6.45) is 0.609. The number of aryl methyl sites for hydroxylation is 1. The molecule has 2 rings (SSSR count). The number of aliphatic hydroxyl groups excluding tert-OH is 1. The fraction of sp³-hybridized carbons (Fsp3) is 0.278. The summed E-state index contributed by atoms with van der Waals surface area (Å²) in [5.74, 6) is -0.191. The highest BCUT2D eigenvalue weighted by Gasteiger charge is 2.05. The summed E-state index contributed by atoms with van der Waals surface area (Å²) in [6.45, 7) is 1.76. The standard InChI is InChI=1S/C18H20O3/c1-13(19)16-4-3-5-17(12-16)15-9-6-14(7-10-15)8-11-18(20)21-2/h3-7,9-10,12-13,19H,8,11H2,1-2H3/t13-/m1/s1. The molecule has 0 amide bonds. The number of carbonyl (C=O) groups excluding carboxylic acids is 1. The second kappa shape index (κ2) is 7.04. The van der Waals surface area contributed by atoms with Gasteiger partial charge in [0.2, 0.25) is 0 Å². The Labute approximate surface area is 125 Å². The van der Waals surface area contributed by atoms with E-state index in [2.05, 4.69) is 4.74 Å². The number of esters is 1. The number of ether oxygens (including phenoxy) is 1. The first kappa shape index (κ1) is 15.3. The fourth-order valence-corrected chi connectivity index (χ4v) is 2.19. The minimum Gasteiger partial charge on any atom is -0.469 e. The van der Waals surface area contributed by atoms with Crippen LogP contribution in [0.5, 0.6) is 0 Å². The molecule has 0 fully saturated rings. The van der Waals surface area contributed by atoms with Gasteiger partial charge in [0.1, 0.15) is 0 Å². The van der Waals surface area contributed by atoms with Crippen LogP contribution in [0.3, 0.4) is 0 Å². The van der Waals surface area contributed by atoms with Crippen molar-refractivity contribution in [1.29, 1.82) is 0 Å². The second-order valence-corrected chi connectivity index (χ2v) is 5.07. The number of hydrogen-bond donors (Lipinski definition) is 1. The van der Waals surface area contributed by atoms with E-state index in [0.29, 0.717) is 12.8 Å². The summed E-state index contributed by atoms with van der Waals surface area (Å²) < 4.78 is 4.64. The van der Waals surface area contributed by atoms with Crippen LogP contribution in [-0.2, 0) is 16.0 Å². The largest absolute Gasteiger partial charge is 0.469 e. The van der Waals surface area contributed by atoms with Gasteiger partial charge in [-0.2, -0.15) is 0 Å². The number of rotatable bonds is 5. The monoisotopic (exact) mass is 284 g/mol. The SMILES string of the molecule is COC(=O)CCc1ccc(-c2cccc([C@@H](C)O)c2)cc1. The van der Waals surface area contributed by atoms with Crippen LogP contribution in [-0.4, -0.2) is 18.2 Å². The third-order valence-corrected chi connectivity index (χ3v) is 3.50. The number of benzene rings is 2. The molecule has 0 unspecified atom stereocenters. The number of methoxy groups -OCH3 is 1. The van der Waals surface area contributed by atoms with Crippen molar-refractivity contribution in [3.05, 3.63) is 59.7 Å². The van der Waals surface area contributed by atoms with Crippen LogP contribution >= 0.6 is 0 Å². The van der Waals surface area contributed by atoms with Crippen molar-refractivity contribution in [1.82, 2.24) is 0 Å². The normalized spacial score (nSPS) is 12.0. The zero-order valence-electron chi connectivity index (χ0n) is 12.4. The van der Waals surface area contributed by atoms with Gasteiger partial charge in [-0.05, 0) is 41.7 Å². The minimum absolute atomic E-state index is 0.191. The zero-order valence-corrected chi connectivity index (χ0v) is 12.4. The van der Waals surface area contributed by atoms with Crippen molar-refractivity contribution in [2.24, 2.45) is 0 Å². The molecule has 0 bridgehead atoms. The molecule has 3 nitrogen and oxygen atoms in total. The van der Waals surface area contributed by atoms with Gasteiger partial charge in [0, 0.05) is 6.42 Å². The molecule has 3 heteroatoms. The highest BCUT2D eigenvalue weighted by molar-refractivity contribution is 5.69. The topological polar surface area (TPSA) is 46.5 Å². The van der Waals surface area contributed by atoms with Crippen molar-refractivity contribution in [2.45, 2.75) is 25.9 Å². The predicted octanol–water partition coefficient (Wildman–Crippen LogP) is 3.51. The maximum absolute atomic E-state index is 11.1. The van der Waals surface area contributed by atoms with E-state index in [-0.39, 0.29) is 5.97 Å². The molecule has 0 aromatic heterocycles. The van der Waals surface area contributed by atoms with Crippen molar-refractivity contribution in [3.8, 4) is 11.1 Å². The van der Waals surface area contributed by atoms with Gasteiger partial charge in [-0.15, -0.1) is 0 Å². The summed E-state index contributed by atoms with van der Waals surface area (Å²) in [5.41, 5.74) is 4.19. The molecule has 0 saturated carbocycles. The maximum Gasteiger partial charge on any atom is 0.305 e. The molecule has 0 radical (unpaired) electrons. The van der Waals surface area contributed by atoms with Gasteiger partial charge in [0.15, 0.2) is 0 Å². The van der Waals surface area contributed by atoms with E-state index in [9.17, 15) is 9.90 Å². The zero-order chi connectivity index (χ0) is 15.2. The van der Waals surface area contributed by atoms with Crippen LogP contribution in [0.25, 0.3) is 11.1 Å². The molecule has 21 heavy (non-hydrogen) atoms. The molecular formula is C18H20O3. The molecule has 0 spiro atoms. The van der Waals surface area contributed by atoms with Gasteiger partial charge in [0.05, 0.1) is 13.2 Å². The Kier molecular flexibility index (Phi) is 5.12. The van der Waals surface area contributed by atoms with Crippen LogP contribution in [0, 0.1) is 0 Å². The van der Waals surface area contributed by atoms with Gasteiger partial charge in [-0.25, -0.2) is 0 Å². The molecule has 0 aliphatic carbocycles. The third-order valence-electron chi connectivity index (χ3n) is 3.50. The van der Waals surface area contributed by atoms with E-state index in [1.54, 1.807) is 6.92 Å². The first-order chi connectivity index (χ1) is 10.1. The molecule has 0 aliphatic rings. The lowest BCUT2D eigenvalue weighted by Crippen LogP contribution is -2.01. The molecule has 110 valence electrons. The molecule has 0 heterocycles. The average molecular weight is 284 g/mol. The van der Waals surface area contributed by atoms with Crippen LogP contribution < -0.4 is 0 Å². The Hall–Kier alpha value is -2.13. The molecule has 1 N–H and O–H groups in total. The second-order valence-electron chi connectivity index (χ2n) is 5.07. The van der Waals surface area contributed by atoms with Crippen LogP contribution in [0.2, 0.25) is 0 Å². The third kappa shape index (κ3) is 4.17. The van der Waals surface area contributed by atoms with E-state index in [0.717, 1.165) is 22.3 Å². The Balaban J connectivity index is 2.11. The molecule has 0 saturated heterocycles. The molecular weight excluding hydrogens is 264 g/mol. The summed E-state index contributed by atoms with van der Waals surface area (Å²) in [6, 6.07) is 16.0. The summed E-state index contributed by atoms with van der Waals surface area (Å²) in [5, 5.41) is 9.64. The van der Waals surface area contributed by atoms with Crippen molar-refractivity contribution < 1.29 is 14.6 Å². The van der Waals surface area contributed by atoms with Crippen molar-refractivity contribution in [2.75, 3.05) is 7.11 Å². The lowest BCUT2D eigenvalue weighted by Gasteiger charge is -2.08. The Morgan fingerprint density at radius 3 is 2.48 bits per heavy atom. The number of aliphatic hydroxyl groups is 1. The Bertz CT molecular complexity index is 600. The quantitative estimate of drug-likeness (QED) is 0.855. The predicted molar refractivity (Wildman–Crippen MR) is 82.8 cm³/mol. The lowest BCUT2D eigenvalue weighted by atomic mass is 9.99. The summed E-state index contributed by atoms with van der Waals surface area (Å²) in [4.78, 5) is 11.1. The smallest absolute Gasteiger partial charge is 0.305 e. The van der Waals surface area contributed by atoms with E-state index in [1.807, 2.05) is 48.5 Å². The van der Waals surface area contributed by atoms with Gasteiger partial charge in [-0.1, -0.05) is 42.5 Å². The van der Waals surface area contributed by atoms with Crippen molar-refractivity contribution >= 4 is 5.97 Å². The van der Waals surface area contributed by atoms with Crippen LogP contribution in [0.15, 0.2) is 48.5 Å². The number of hydrogen-bond acceptors (Lipinski definition) is 3. The maximum atomic E-state index is 11.1.